The minimum absolute atomic E-state index is 0.0170. The summed E-state index contributed by atoms with van der Waals surface area (Å²) in [5.74, 6) is 0.133. The second-order valence-electron chi connectivity index (χ2n) is 3.59. The van der Waals surface area contributed by atoms with Gasteiger partial charge in [0, 0.05) is 25.1 Å². The van der Waals surface area contributed by atoms with E-state index in [9.17, 15) is 9.59 Å². The van der Waals surface area contributed by atoms with Crippen LogP contribution in [0.3, 0.4) is 0 Å². The Labute approximate surface area is 87.2 Å². The smallest absolute Gasteiger partial charge is 0.271 e. The number of hydrogen-bond donors (Lipinski definition) is 1. The molecule has 4 heteroatoms. The molecule has 1 aliphatic rings. The van der Waals surface area contributed by atoms with E-state index in [0.29, 0.717) is 18.7 Å². The maximum absolute atomic E-state index is 11.6. The molecule has 0 bridgehead atoms. The number of nitrogens with one attached hydrogen (secondary N) is 1. The zero-order valence-corrected chi connectivity index (χ0v) is 8.27. The van der Waals surface area contributed by atoms with Gasteiger partial charge in [0.05, 0.1) is 0 Å². The van der Waals surface area contributed by atoms with Crippen LogP contribution in [0.25, 0.3) is 0 Å². The first-order valence-electron chi connectivity index (χ1n) is 4.83. The summed E-state index contributed by atoms with van der Waals surface area (Å²) in [7, 11) is 0. The van der Waals surface area contributed by atoms with Crippen LogP contribution >= 0.6 is 0 Å². The second kappa shape index (κ2) is 3.73. The van der Waals surface area contributed by atoms with E-state index in [1.165, 1.54) is 4.90 Å². The van der Waals surface area contributed by atoms with Crippen molar-refractivity contribution < 1.29 is 4.79 Å². The lowest BCUT2D eigenvalue weighted by atomic mass is 10.1. The van der Waals surface area contributed by atoms with Crippen molar-refractivity contribution in [2.24, 2.45) is 5.92 Å². The van der Waals surface area contributed by atoms with Gasteiger partial charge in [-0.15, -0.1) is 6.58 Å². The molecule has 1 atom stereocenters. The zero-order chi connectivity index (χ0) is 10.8. The van der Waals surface area contributed by atoms with Crippen LogP contribution in [0, 0.1) is 5.92 Å². The summed E-state index contributed by atoms with van der Waals surface area (Å²) in [5.41, 5.74) is 0.197. The van der Waals surface area contributed by atoms with Crippen LogP contribution in [0.4, 0.5) is 5.69 Å². The van der Waals surface area contributed by atoms with E-state index < -0.39 is 0 Å². The lowest BCUT2D eigenvalue weighted by Gasteiger charge is -2.14. The Bertz CT molecular complexity index is 450. The average molecular weight is 204 g/mol. The summed E-state index contributed by atoms with van der Waals surface area (Å²) in [6.07, 6.45) is 3.75. The predicted octanol–water partition coefficient (Wildman–Crippen LogP) is 0.914. The van der Waals surface area contributed by atoms with Crippen molar-refractivity contribution in [1.29, 1.82) is 0 Å². The highest BCUT2D eigenvalue weighted by atomic mass is 16.2. The minimum Gasteiger partial charge on any atom is -0.327 e. The van der Waals surface area contributed by atoms with Crippen molar-refractivity contribution in [3.8, 4) is 0 Å². The predicted molar refractivity (Wildman–Crippen MR) is 57.7 cm³/mol. The fourth-order valence-electron chi connectivity index (χ4n) is 1.75. The molecule has 1 saturated heterocycles. The number of hydrogen-bond acceptors (Lipinski definition) is 2. The molecule has 1 aromatic heterocycles. The quantitative estimate of drug-likeness (QED) is 0.728. The van der Waals surface area contributed by atoms with Gasteiger partial charge < -0.3 is 9.88 Å². The number of carbonyl (C=O) groups is 1. The van der Waals surface area contributed by atoms with E-state index in [4.69, 9.17) is 0 Å². The number of carbonyl (C=O) groups excluding carboxylic acids is 1. The number of aromatic amines is 1. The third-order valence-corrected chi connectivity index (χ3v) is 2.58. The third-order valence-electron chi connectivity index (χ3n) is 2.58. The Morgan fingerprint density at radius 1 is 1.53 bits per heavy atom. The molecule has 0 aliphatic carbocycles. The highest BCUT2D eigenvalue weighted by Gasteiger charge is 2.29. The highest BCUT2D eigenvalue weighted by Crippen LogP contribution is 2.22. The summed E-state index contributed by atoms with van der Waals surface area (Å²) in [5, 5.41) is 0. The lowest BCUT2D eigenvalue weighted by molar-refractivity contribution is -0.117. The summed E-state index contributed by atoms with van der Waals surface area (Å²) in [6.45, 7) is 4.21. The first-order chi connectivity index (χ1) is 7.22. The fraction of sp³-hybridized carbons (Fsp3) is 0.273. The van der Waals surface area contributed by atoms with Gasteiger partial charge in [-0.05, 0) is 12.1 Å². The van der Waals surface area contributed by atoms with Gasteiger partial charge in [0.25, 0.3) is 5.56 Å². The molecule has 0 saturated carbocycles. The standard InChI is InChI=1S/C11H12N2O2/c1-2-8-6-10(14)13(7-8)9-4-3-5-12-11(9)15/h2-5,8H,1,6-7H2,(H,12,15). The number of anilines is 1. The van der Waals surface area contributed by atoms with Gasteiger partial charge in [-0.3, -0.25) is 9.59 Å². The number of nitrogens with zero attached hydrogens (tertiary/aromatic N) is 1. The Balaban J connectivity index is 2.33. The van der Waals surface area contributed by atoms with Gasteiger partial charge in [0.1, 0.15) is 5.69 Å². The number of amides is 1. The SMILES string of the molecule is C=CC1CC(=O)N(c2ccc[nH]c2=O)C1. The van der Waals surface area contributed by atoms with Crippen LogP contribution in [0.1, 0.15) is 6.42 Å². The zero-order valence-electron chi connectivity index (χ0n) is 8.27. The van der Waals surface area contributed by atoms with Gasteiger partial charge in [0.2, 0.25) is 5.91 Å². The summed E-state index contributed by atoms with van der Waals surface area (Å²) in [6, 6.07) is 3.37. The number of rotatable bonds is 2. The molecular weight excluding hydrogens is 192 g/mol. The number of H-pyrrole nitrogens is 1. The normalized spacial score (nSPS) is 20.7. The molecule has 2 heterocycles. The van der Waals surface area contributed by atoms with Crippen molar-refractivity contribution in [3.63, 3.8) is 0 Å². The van der Waals surface area contributed by atoms with Gasteiger partial charge in [-0.2, -0.15) is 0 Å². The van der Waals surface area contributed by atoms with E-state index >= 15 is 0 Å². The van der Waals surface area contributed by atoms with Crippen LogP contribution in [0.2, 0.25) is 0 Å². The highest BCUT2D eigenvalue weighted by molar-refractivity contribution is 5.95. The molecule has 1 amide bonds. The third kappa shape index (κ3) is 1.70. The van der Waals surface area contributed by atoms with Crippen molar-refractivity contribution in [3.05, 3.63) is 41.3 Å². The van der Waals surface area contributed by atoms with Gasteiger partial charge in [-0.1, -0.05) is 6.08 Å². The van der Waals surface area contributed by atoms with Crippen molar-refractivity contribution in [1.82, 2.24) is 4.98 Å². The van der Waals surface area contributed by atoms with E-state index in [-0.39, 0.29) is 17.4 Å². The fourth-order valence-corrected chi connectivity index (χ4v) is 1.75. The molecule has 4 nitrogen and oxygen atoms in total. The molecule has 2 rings (SSSR count). The number of aromatic nitrogens is 1. The maximum atomic E-state index is 11.6. The summed E-state index contributed by atoms with van der Waals surface area (Å²) >= 11 is 0. The van der Waals surface area contributed by atoms with Crippen LogP contribution in [-0.4, -0.2) is 17.4 Å². The molecule has 1 N–H and O–H groups in total. The van der Waals surface area contributed by atoms with Gasteiger partial charge >= 0.3 is 0 Å². The Hall–Kier alpha value is -1.84. The minimum atomic E-state index is -0.226. The van der Waals surface area contributed by atoms with Crippen molar-refractivity contribution in [2.75, 3.05) is 11.4 Å². The first kappa shape index (κ1) is 9.71. The van der Waals surface area contributed by atoms with E-state index in [2.05, 4.69) is 11.6 Å². The molecule has 0 spiro atoms. The monoisotopic (exact) mass is 204 g/mol. The Morgan fingerprint density at radius 3 is 2.93 bits per heavy atom. The summed E-state index contributed by atoms with van der Waals surface area (Å²) < 4.78 is 0. The van der Waals surface area contributed by atoms with Crippen LogP contribution < -0.4 is 10.5 Å². The first-order valence-corrected chi connectivity index (χ1v) is 4.83. The molecule has 0 radical (unpaired) electrons. The summed E-state index contributed by atoms with van der Waals surface area (Å²) in [4.78, 5) is 27.2. The Kier molecular flexibility index (Phi) is 2.41. The molecule has 78 valence electrons. The van der Waals surface area contributed by atoms with E-state index in [0.717, 1.165) is 0 Å². The van der Waals surface area contributed by atoms with Crippen molar-refractivity contribution in [2.45, 2.75) is 6.42 Å². The molecular formula is C11H12N2O2. The molecule has 1 unspecified atom stereocenters. The van der Waals surface area contributed by atoms with E-state index in [1.807, 2.05) is 0 Å². The number of pyridine rings is 1. The van der Waals surface area contributed by atoms with Crippen LogP contribution in [0.15, 0.2) is 35.8 Å². The lowest BCUT2D eigenvalue weighted by Crippen LogP contribution is -2.29. The average Bonchev–Trinajstić information content (AvgIpc) is 2.60. The largest absolute Gasteiger partial charge is 0.327 e. The topological polar surface area (TPSA) is 53.2 Å². The second-order valence-corrected chi connectivity index (χ2v) is 3.59. The molecule has 1 aromatic rings. The van der Waals surface area contributed by atoms with Crippen molar-refractivity contribution >= 4 is 11.6 Å². The molecule has 1 fully saturated rings. The maximum Gasteiger partial charge on any atom is 0.271 e. The van der Waals surface area contributed by atoms with E-state index in [1.54, 1.807) is 24.4 Å². The molecule has 15 heavy (non-hydrogen) atoms. The van der Waals surface area contributed by atoms with Gasteiger partial charge in [-0.25, -0.2) is 0 Å². The Morgan fingerprint density at radius 2 is 2.33 bits per heavy atom. The molecule has 0 aromatic carbocycles. The van der Waals surface area contributed by atoms with Gasteiger partial charge in [0.15, 0.2) is 0 Å². The van der Waals surface area contributed by atoms with Crippen LogP contribution in [0.5, 0.6) is 0 Å². The molecule has 1 aliphatic heterocycles. The van der Waals surface area contributed by atoms with Crippen LogP contribution in [-0.2, 0) is 4.79 Å².